The number of nitrogens with zero attached hydrogens (tertiary/aromatic N) is 1. The molecule has 0 saturated carbocycles. The van der Waals surface area contributed by atoms with E-state index in [4.69, 9.17) is 4.74 Å². The van der Waals surface area contributed by atoms with E-state index < -0.39 is 6.10 Å². The summed E-state index contributed by atoms with van der Waals surface area (Å²) in [5.41, 5.74) is 0.632. The smallest absolute Gasteiger partial charge is 0.213 e. The highest BCUT2D eigenvalue weighted by Gasteiger charge is 2.08. The molecule has 3 nitrogen and oxygen atoms in total. The first-order valence-corrected chi connectivity index (χ1v) is 4.86. The molecule has 3 heteroatoms. The van der Waals surface area contributed by atoms with E-state index in [9.17, 15) is 5.11 Å². The normalized spacial score (nSPS) is 11.4. The van der Waals surface area contributed by atoms with Gasteiger partial charge in [0.15, 0.2) is 0 Å². The molecule has 0 aliphatic carbocycles. The van der Waals surface area contributed by atoms with Crippen LogP contribution < -0.4 is 4.74 Å². The van der Waals surface area contributed by atoms with Crippen molar-refractivity contribution in [2.75, 3.05) is 7.11 Å². The van der Waals surface area contributed by atoms with E-state index in [-0.39, 0.29) is 0 Å². The molecule has 1 heterocycles. The molecule has 0 fully saturated rings. The zero-order valence-corrected chi connectivity index (χ0v) is 9.03. The van der Waals surface area contributed by atoms with Gasteiger partial charge in [-0.1, -0.05) is 6.07 Å². The van der Waals surface area contributed by atoms with E-state index in [2.05, 4.69) is 16.8 Å². The van der Waals surface area contributed by atoms with Crippen LogP contribution in [0.1, 0.15) is 31.6 Å². The minimum absolute atomic E-state index is 0.521. The Bertz CT molecular complexity index is 365. The van der Waals surface area contributed by atoms with Crippen molar-refractivity contribution in [1.82, 2.24) is 4.98 Å². The van der Waals surface area contributed by atoms with Crippen LogP contribution in [0.5, 0.6) is 5.88 Å². The molecular formula is C12H15NO2. The van der Waals surface area contributed by atoms with Crippen LogP contribution in [0.3, 0.4) is 0 Å². The highest BCUT2D eigenvalue weighted by atomic mass is 16.5. The van der Waals surface area contributed by atoms with E-state index in [1.165, 1.54) is 0 Å². The lowest BCUT2D eigenvalue weighted by Gasteiger charge is -2.08. The second-order valence-electron chi connectivity index (χ2n) is 3.09. The van der Waals surface area contributed by atoms with Crippen molar-refractivity contribution < 1.29 is 9.84 Å². The van der Waals surface area contributed by atoms with Crippen molar-refractivity contribution in [3.05, 3.63) is 23.9 Å². The summed E-state index contributed by atoms with van der Waals surface area (Å²) in [6.07, 6.45) is 0.707. The van der Waals surface area contributed by atoms with Crippen molar-refractivity contribution in [3.63, 3.8) is 0 Å². The molecule has 0 saturated heterocycles. The molecule has 0 aliphatic heterocycles. The predicted octanol–water partition coefficient (Wildman–Crippen LogP) is 1.93. The number of pyridine rings is 1. The number of aliphatic hydroxyl groups is 1. The lowest BCUT2D eigenvalue weighted by molar-refractivity contribution is 0.163. The lowest BCUT2D eigenvalue weighted by Crippen LogP contribution is -2.01. The third-order valence-corrected chi connectivity index (χ3v) is 2.02. The van der Waals surface area contributed by atoms with E-state index in [0.29, 0.717) is 24.4 Å². The molecule has 0 radical (unpaired) electrons. The average Bonchev–Trinajstić information content (AvgIpc) is 2.29. The van der Waals surface area contributed by atoms with Crippen LogP contribution in [0, 0.1) is 11.8 Å². The lowest BCUT2D eigenvalue weighted by atomic mass is 10.1. The van der Waals surface area contributed by atoms with Gasteiger partial charge >= 0.3 is 0 Å². The standard InChI is InChI=1S/C12H15NO2/c1-3-4-5-8-11(14)10-7-6-9-12(13-10)15-2/h6-7,9,11,14H,5,8H2,1-2H3. The van der Waals surface area contributed by atoms with Gasteiger partial charge in [-0.3, -0.25) is 0 Å². The Morgan fingerprint density at radius 3 is 3.00 bits per heavy atom. The second kappa shape index (κ2) is 6.05. The van der Waals surface area contributed by atoms with Crippen LogP contribution in [-0.4, -0.2) is 17.2 Å². The maximum absolute atomic E-state index is 9.78. The van der Waals surface area contributed by atoms with Gasteiger partial charge in [-0.2, -0.15) is 0 Å². The van der Waals surface area contributed by atoms with Crippen molar-refractivity contribution in [1.29, 1.82) is 0 Å². The van der Waals surface area contributed by atoms with Crippen molar-refractivity contribution in [2.24, 2.45) is 0 Å². The summed E-state index contributed by atoms with van der Waals surface area (Å²) in [5.74, 6) is 6.22. The molecule has 0 aliphatic rings. The first kappa shape index (κ1) is 11.5. The van der Waals surface area contributed by atoms with Crippen molar-refractivity contribution in [3.8, 4) is 17.7 Å². The fourth-order valence-corrected chi connectivity index (χ4v) is 1.21. The minimum Gasteiger partial charge on any atom is -0.481 e. The molecule has 0 spiro atoms. The van der Waals surface area contributed by atoms with E-state index in [0.717, 1.165) is 0 Å². The van der Waals surface area contributed by atoms with Gasteiger partial charge in [0.25, 0.3) is 0 Å². The van der Waals surface area contributed by atoms with E-state index >= 15 is 0 Å². The molecule has 1 rings (SSSR count). The number of hydrogen-bond donors (Lipinski definition) is 1. The summed E-state index contributed by atoms with van der Waals surface area (Å²) >= 11 is 0. The molecular weight excluding hydrogens is 190 g/mol. The van der Waals surface area contributed by atoms with Crippen LogP contribution in [0.4, 0.5) is 0 Å². The summed E-state index contributed by atoms with van der Waals surface area (Å²) < 4.78 is 4.98. The molecule has 1 unspecified atom stereocenters. The quantitative estimate of drug-likeness (QED) is 0.764. The van der Waals surface area contributed by atoms with Crippen LogP contribution in [0.2, 0.25) is 0 Å². The molecule has 0 aromatic carbocycles. The largest absolute Gasteiger partial charge is 0.481 e. The topological polar surface area (TPSA) is 42.4 Å². The number of rotatable bonds is 4. The molecule has 1 aromatic heterocycles. The Kier molecular flexibility index (Phi) is 4.65. The van der Waals surface area contributed by atoms with Gasteiger partial charge in [0.2, 0.25) is 5.88 Å². The van der Waals surface area contributed by atoms with Gasteiger partial charge in [0.05, 0.1) is 18.9 Å². The maximum Gasteiger partial charge on any atom is 0.213 e. The van der Waals surface area contributed by atoms with Gasteiger partial charge in [-0.25, -0.2) is 4.98 Å². The number of aromatic nitrogens is 1. The second-order valence-corrected chi connectivity index (χ2v) is 3.09. The van der Waals surface area contributed by atoms with Crippen LogP contribution >= 0.6 is 0 Å². The summed E-state index contributed by atoms with van der Waals surface area (Å²) in [6.45, 7) is 1.79. The fourth-order valence-electron chi connectivity index (χ4n) is 1.21. The van der Waals surface area contributed by atoms with Gasteiger partial charge in [-0.05, 0) is 19.4 Å². The van der Waals surface area contributed by atoms with E-state index in [1.54, 1.807) is 26.2 Å². The minimum atomic E-state index is -0.569. The van der Waals surface area contributed by atoms with Gasteiger partial charge < -0.3 is 9.84 Å². The van der Waals surface area contributed by atoms with Crippen LogP contribution in [0.15, 0.2) is 18.2 Å². The van der Waals surface area contributed by atoms with Crippen molar-refractivity contribution >= 4 is 0 Å². The Balaban J connectivity index is 2.62. The number of aliphatic hydroxyl groups excluding tert-OH is 1. The van der Waals surface area contributed by atoms with Gasteiger partial charge in [-0.15, -0.1) is 11.8 Å². The summed E-state index contributed by atoms with van der Waals surface area (Å²) in [7, 11) is 1.56. The van der Waals surface area contributed by atoms with Gasteiger partial charge in [0, 0.05) is 12.5 Å². The molecule has 0 bridgehead atoms. The van der Waals surface area contributed by atoms with Gasteiger partial charge in [0.1, 0.15) is 0 Å². The molecule has 1 atom stereocenters. The SMILES string of the molecule is CC#CCCC(O)c1cccc(OC)n1. The van der Waals surface area contributed by atoms with Crippen LogP contribution in [0.25, 0.3) is 0 Å². The molecule has 1 N–H and O–H groups in total. The molecule has 80 valence electrons. The highest BCUT2D eigenvalue weighted by Crippen LogP contribution is 2.18. The average molecular weight is 205 g/mol. The summed E-state index contributed by atoms with van der Waals surface area (Å²) in [4.78, 5) is 4.15. The fraction of sp³-hybridized carbons (Fsp3) is 0.417. The Morgan fingerprint density at radius 2 is 2.33 bits per heavy atom. The number of hydrogen-bond acceptors (Lipinski definition) is 3. The third kappa shape index (κ3) is 3.61. The molecule has 0 amide bonds. The summed E-state index contributed by atoms with van der Waals surface area (Å²) in [5, 5.41) is 9.78. The predicted molar refractivity (Wildman–Crippen MR) is 58.4 cm³/mol. The number of methoxy groups -OCH3 is 1. The molecule has 15 heavy (non-hydrogen) atoms. The Hall–Kier alpha value is -1.53. The van der Waals surface area contributed by atoms with Crippen LogP contribution in [-0.2, 0) is 0 Å². The maximum atomic E-state index is 9.78. The third-order valence-electron chi connectivity index (χ3n) is 2.02. The first-order chi connectivity index (χ1) is 7.27. The summed E-state index contributed by atoms with van der Waals surface area (Å²) in [6, 6.07) is 5.35. The van der Waals surface area contributed by atoms with E-state index in [1.807, 2.05) is 6.07 Å². The molecule has 1 aromatic rings. The highest BCUT2D eigenvalue weighted by molar-refractivity contribution is 5.17. The Labute approximate surface area is 90.1 Å². The Morgan fingerprint density at radius 1 is 1.53 bits per heavy atom. The monoisotopic (exact) mass is 205 g/mol. The number of ether oxygens (including phenoxy) is 1. The zero-order valence-electron chi connectivity index (χ0n) is 9.03. The zero-order chi connectivity index (χ0) is 11.1. The van der Waals surface area contributed by atoms with Crippen molar-refractivity contribution in [2.45, 2.75) is 25.9 Å². The first-order valence-electron chi connectivity index (χ1n) is 4.86.